The Hall–Kier alpha value is -1.97. The normalized spacial score (nSPS) is 11.4. The number of para-hydroxylation sites is 1. The SMILES string of the molecule is Cc1cccc(N(c2ccccc2)C(F)(F)F)c1C. The first-order valence-electron chi connectivity index (χ1n) is 5.89. The third kappa shape index (κ3) is 2.72. The molecule has 0 atom stereocenters. The van der Waals surface area contributed by atoms with E-state index >= 15 is 0 Å². The molecule has 0 heterocycles. The molecule has 1 nitrogen and oxygen atoms in total. The average Bonchev–Trinajstić information content (AvgIpc) is 2.35. The Morgan fingerprint density at radius 2 is 1.47 bits per heavy atom. The summed E-state index contributed by atoms with van der Waals surface area (Å²) in [5.41, 5.74) is 1.74. The first kappa shape index (κ1) is 13.5. The number of nitrogens with zero attached hydrogens (tertiary/aromatic N) is 1. The van der Waals surface area contributed by atoms with E-state index in [1.54, 1.807) is 44.2 Å². The zero-order chi connectivity index (χ0) is 14.0. The van der Waals surface area contributed by atoms with E-state index in [9.17, 15) is 13.2 Å². The van der Waals surface area contributed by atoms with Gasteiger partial charge in [-0.25, -0.2) is 0 Å². The van der Waals surface area contributed by atoms with Crippen molar-refractivity contribution in [1.82, 2.24) is 0 Å². The number of rotatable bonds is 2. The average molecular weight is 265 g/mol. The van der Waals surface area contributed by atoms with Crippen LogP contribution in [0.1, 0.15) is 11.1 Å². The predicted molar refractivity (Wildman–Crippen MR) is 70.6 cm³/mol. The molecule has 0 amide bonds. The van der Waals surface area contributed by atoms with E-state index in [4.69, 9.17) is 0 Å². The molecule has 0 aromatic heterocycles. The van der Waals surface area contributed by atoms with Gasteiger partial charge in [-0.2, -0.15) is 0 Å². The second kappa shape index (κ2) is 4.96. The van der Waals surface area contributed by atoms with Crippen LogP contribution in [0.4, 0.5) is 24.5 Å². The maximum atomic E-state index is 13.3. The zero-order valence-corrected chi connectivity index (χ0v) is 10.7. The number of hydrogen-bond acceptors (Lipinski definition) is 1. The summed E-state index contributed by atoms with van der Waals surface area (Å²) in [5, 5.41) is 0. The van der Waals surface area contributed by atoms with Gasteiger partial charge in [0.1, 0.15) is 0 Å². The zero-order valence-electron chi connectivity index (χ0n) is 10.7. The largest absolute Gasteiger partial charge is 0.489 e. The minimum Gasteiger partial charge on any atom is -0.253 e. The second-order valence-electron chi connectivity index (χ2n) is 4.36. The lowest BCUT2D eigenvalue weighted by Gasteiger charge is -2.29. The maximum absolute atomic E-state index is 13.3. The Morgan fingerprint density at radius 1 is 0.842 bits per heavy atom. The maximum Gasteiger partial charge on any atom is 0.489 e. The number of hydrogen-bond donors (Lipinski definition) is 0. The predicted octanol–water partition coefficient (Wildman–Crippen LogP) is 4.96. The van der Waals surface area contributed by atoms with Crippen molar-refractivity contribution in [3.63, 3.8) is 0 Å². The molecule has 4 heteroatoms. The molecule has 0 bridgehead atoms. The van der Waals surface area contributed by atoms with E-state index in [0.717, 1.165) is 5.56 Å². The number of benzene rings is 2. The standard InChI is InChI=1S/C15H14F3N/c1-11-7-6-10-14(12(11)2)19(15(16,17)18)13-8-4-3-5-9-13/h3-10H,1-2H3. The third-order valence-electron chi connectivity index (χ3n) is 3.08. The van der Waals surface area contributed by atoms with Crippen molar-refractivity contribution < 1.29 is 13.2 Å². The molecule has 0 aliphatic carbocycles. The van der Waals surface area contributed by atoms with Crippen molar-refractivity contribution in [2.24, 2.45) is 0 Å². The topological polar surface area (TPSA) is 3.24 Å². The van der Waals surface area contributed by atoms with E-state index in [2.05, 4.69) is 0 Å². The van der Waals surface area contributed by atoms with Gasteiger partial charge in [-0.05, 0) is 43.2 Å². The summed E-state index contributed by atoms with van der Waals surface area (Å²) in [6, 6.07) is 12.7. The highest BCUT2D eigenvalue weighted by Crippen LogP contribution is 2.38. The van der Waals surface area contributed by atoms with Gasteiger partial charge in [0.15, 0.2) is 0 Å². The Morgan fingerprint density at radius 3 is 2.05 bits per heavy atom. The summed E-state index contributed by atoms with van der Waals surface area (Å²) >= 11 is 0. The van der Waals surface area contributed by atoms with E-state index < -0.39 is 6.30 Å². The van der Waals surface area contributed by atoms with Crippen molar-refractivity contribution in [2.45, 2.75) is 20.1 Å². The molecule has 0 saturated carbocycles. The second-order valence-corrected chi connectivity index (χ2v) is 4.36. The summed E-state index contributed by atoms with van der Waals surface area (Å²) in [5.74, 6) is 0. The summed E-state index contributed by atoms with van der Waals surface area (Å²) < 4.78 is 40.0. The molecule has 2 aromatic carbocycles. The van der Waals surface area contributed by atoms with Gasteiger partial charge in [-0.15, -0.1) is 13.2 Å². The van der Waals surface area contributed by atoms with Crippen LogP contribution in [0.15, 0.2) is 48.5 Å². The summed E-state index contributed by atoms with van der Waals surface area (Å²) in [6.07, 6.45) is -4.46. The van der Waals surface area contributed by atoms with Gasteiger partial charge in [0.25, 0.3) is 0 Å². The molecule has 2 rings (SSSR count). The third-order valence-corrected chi connectivity index (χ3v) is 3.08. The van der Waals surface area contributed by atoms with Crippen LogP contribution in [-0.2, 0) is 0 Å². The van der Waals surface area contributed by atoms with Crippen LogP contribution in [0, 0.1) is 13.8 Å². The molecule has 19 heavy (non-hydrogen) atoms. The van der Waals surface area contributed by atoms with Gasteiger partial charge in [0, 0.05) is 5.69 Å². The molecule has 2 aromatic rings. The van der Waals surface area contributed by atoms with Crippen LogP contribution >= 0.6 is 0 Å². The highest BCUT2D eigenvalue weighted by Gasteiger charge is 2.39. The number of alkyl halides is 3. The fourth-order valence-electron chi connectivity index (χ4n) is 1.98. The van der Waals surface area contributed by atoms with E-state index in [1.807, 2.05) is 0 Å². The molecule has 0 fully saturated rings. The highest BCUT2D eigenvalue weighted by atomic mass is 19.4. The molecule has 0 radical (unpaired) electrons. The van der Waals surface area contributed by atoms with Gasteiger partial charge < -0.3 is 0 Å². The van der Waals surface area contributed by atoms with Gasteiger partial charge >= 0.3 is 6.30 Å². The van der Waals surface area contributed by atoms with Crippen LogP contribution in [0.3, 0.4) is 0 Å². The molecule has 0 unspecified atom stereocenters. The summed E-state index contributed by atoms with van der Waals surface area (Å²) in [4.78, 5) is 0.412. The van der Waals surface area contributed by atoms with Crippen molar-refractivity contribution in [1.29, 1.82) is 0 Å². The Balaban J connectivity index is 2.60. The fraction of sp³-hybridized carbons (Fsp3) is 0.200. The molecular formula is C15H14F3N. The highest BCUT2D eigenvalue weighted by molar-refractivity contribution is 5.68. The fourth-order valence-corrected chi connectivity index (χ4v) is 1.98. The number of aryl methyl sites for hydroxylation is 1. The lowest BCUT2D eigenvalue weighted by atomic mass is 10.1. The van der Waals surface area contributed by atoms with E-state index in [1.165, 1.54) is 18.2 Å². The van der Waals surface area contributed by atoms with Gasteiger partial charge in [0.05, 0.1) is 5.69 Å². The number of halogens is 3. The minimum absolute atomic E-state index is 0.115. The quantitative estimate of drug-likeness (QED) is 0.693. The van der Waals surface area contributed by atoms with Gasteiger partial charge in [-0.3, -0.25) is 4.90 Å². The molecular weight excluding hydrogens is 251 g/mol. The monoisotopic (exact) mass is 265 g/mol. The lowest BCUT2D eigenvalue weighted by Crippen LogP contribution is -2.34. The Labute approximate surface area is 110 Å². The van der Waals surface area contributed by atoms with Crippen molar-refractivity contribution in [3.8, 4) is 0 Å². The van der Waals surface area contributed by atoms with Crippen LogP contribution in [-0.4, -0.2) is 6.30 Å². The minimum atomic E-state index is -4.46. The first-order valence-corrected chi connectivity index (χ1v) is 5.89. The van der Waals surface area contributed by atoms with Crippen molar-refractivity contribution in [3.05, 3.63) is 59.7 Å². The smallest absolute Gasteiger partial charge is 0.253 e. The molecule has 0 aliphatic rings. The first-order chi connectivity index (χ1) is 8.91. The lowest BCUT2D eigenvalue weighted by molar-refractivity contribution is -0.120. The molecule has 0 aliphatic heterocycles. The van der Waals surface area contributed by atoms with Crippen molar-refractivity contribution >= 4 is 11.4 Å². The van der Waals surface area contributed by atoms with Crippen LogP contribution in [0.25, 0.3) is 0 Å². The van der Waals surface area contributed by atoms with Crippen molar-refractivity contribution in [2.75, 3.05) is 4.90 Å². The Kier molecular flexibility index (Phi) is 3.51. The van der Waals surface area contributed by atoms with Gasteiger partial charge in [0.2, 0.25) is 0 Å². The van der Waals surface area contributed by atoms with Crippen LogP contribution < -0.4 is 4.90 Å². The summed E-state index contributed by atoms with van der Waals surface area (Å²) in [7, 11) is 0. The summed E-state index contributed by atoms with van der Waals surface area (Å²) in [6.45, 7) is 3.50. The van der Waals surface area contributed by atoms with Gasteiger partial charge in [-0.1, -0.05) is 30.3 Å². The van der Waals surface area contributed by atoms with Crippen LogP contribution in [0.5, 0.6) is 0 Å². The molecule has 0 spiro atoms. The van der Waals surface area contributed by atoms with E-state index in [-0.39, 0.29) is 11.4 Å². The molecule has 0 saturated heterocycles. The molecule has 100 valence electrons. The number of anilines is 2. The Bertz CT molecular complexity index is 561. The van der Waals surface area contributed by atoms with Crippen LogP contribution in [0.2, 0.25) is 0 Å². The molecule has 0 N–H and O–H groups in total. The van der Waals surface area contributed by atoms with E-state index in [0.29, 0.717) is 10.5 Å².